The first kappa shape index (κ1) is 13.0. The maximum atomic E-state index is 11.8. The Labute approximate surface area is 110 Å². The third-order valence-corrected chi connectivity index (χ3v) is 3.42. The number of hydrogen-bond donors (Lipinski definition) is 1. The minimum Gasteiger partial charge on any atom is -0.477 e. The molecule has 0 atom stereocenters. The number of rotatable bonds is 4. The molecule has 0 aliphatic rings. The van der Waals surface area contributed by atoms with Gasteiger partial charge in [0.2, 0.25) is 0 Å². The summed E-state index contributed by atoms with van der Waals surface area (Å²) in [6, 6.07) is 4.08. The number of aromatic carboxylic acids is 1. The molecule has 2 heterocycles. The van der Waals surface area contributed by atoms with Crippen molar-refractivity contribution in [2.24, 2.45) is 0 Å². The summed E-state index contributed by atoms with van der Waals surface area (Å²) in [7, 11) is 0. The Morgan fingerprint density at radius 1 is 1.47 bits per heavy atom. The zero-order valence-electron chi connectivity index (χ0n) is 9.48. The molecule has 0 saturated heterocycles. The molecule has 0 spiro atoms. The van der Waals surface area contributed by atoms with E-state index in [0.29, 0.717) is 5.56 Å². The average molecular weight is 280 g/mol. The fourth-order valence-electron chi connectivity index (χ4n) is 1.62. The van der Waals surface area contributed by atoms with Crippen LogP contribution in [0.25, 0.3) is 0 Å². The van der Waals surface area contributed by atoms with Crippen molar-refractivity contribution in [3.63, 3.8) is 0 Å². The van der Waals surface area contributed by atoms with E-state index >= 15 is 0 Å². The van der Waals surface area contributed by atoms with E-state index in [1.54, 1.807) is 11.4 Å². The quantitative estimate of drug-likeness (QED) is 0.676. The van der Waals surface area contributed by atoms with E-state index in [2.05, 4.69) is 0 Å². The van der Waals surface area contributed by atoms with E-state index in [1.807, 2.05) is 0 Å². The van der Waals surface area contributed by atoms with E-state index in [1.165, 1.54) is 12.3 Å². The molecule has 0 fully saturated rings. The first-order chi connectivity index (χ1) is 9.00. The van der Waals surface area contributed by atoms with E-state index in [-0.39, 0.29) is 11.4 Å². The molecular weight excluding hydrogens is 272 g/mol. The van der Waals surface area contributed by atoms with E-state index in [9.17, 15) is 19.7 Å². The molecule has 0 saturated carbocycles. The van der Waals surface area contributed by atoms with Crippen LogP contribution in [0, 0.1) is 10.1 Å². The maximum Gasteiger partial charge on any atom is 0.346 e. The summed E-state index contributed by atoms with van der Waals surface area (Å²) in [4.78, 5) is 32.8. The lowest BCUT2D eigenvalue weighted by atomic mass is 10.2. The lowest BCUT2D eigenvalue weighted by Gasteiger charge is -2.04. The summed E-state index contributed by atoms with van der Waals surface area (Å²) in [6.45, 7) is -0.00829. The van der Waals surface area contributed by atoms with Crippen LogP contribution in [0.1, 0.15) is 15.2 Å². The molecule has 0 bridgehead atoms. The summed E-state index contributed by atoms with van der Waals surface area (Å²) in [6.07, 6.45) is 1.39. The van der Waals surface area contributed by atoms with E-state index < -0.39 is 22.1 Å². The van der Waals surface area contributed by atoms with Crippen LogP contribution in [0.3, 0.4) is 0 Å². The summed E-state index contributed by atoms with van der Waals surface area (Å²) >= 11 is 1.04. The lowest BCUT2D eigenvalue weighted by Crippen LogP contribution is -2.22. The third kappa shape index (κ3) is 2.52. The Balaban J connectivity index is 2.42. The van der Waals surface area contributed by atoms with E-state index in [0.717, 1.165) is 22.0 Å². The standard InChI is InChI=1S/C11H8N2O5S/c14-10-8(13(17)18)2-1-4-12(10)6-7-3-5-19-9(7)11(15)16/h1-5H,6H2,(H,15,16). The molecule has 7 nitrogen and oxygen atoms in total. The van der Waals surface area contributed by atoms with Crippen molar-refractivity contribution < 1.29 is 14.8 Å². The lowest BCUT2D eigenvalue weighted by molar-refractivity contribution is -0.386. The molecule has 0 amide bonds. The van der Waals surface area contributed by atoms with Crippen LogP contribution >= 0.6 is 11.3 Å². The molecule has 0 unspecified atom stereocenters. The molecule has 0 aliphatic heterocycles. The fourth-order valence-corrected chi connectivity index (χ4v) is 2.37. The van der Waals surface area contributed by atoms with Gasteiger partial charge in [-0.25, -0.2) is 4.79 Å². The molecule has 0 aliphatic carbocycles. The monoisotopic (exact) mass is 280 g/mol. The van der Waals surface area contributed by atoms with Crippen molar-refractivity contribution in [2.75, 3.05) is 0 Å². The van der Waals surface area contributed by atoms with Crippen LogP contribution in [-0.2, 0) is 6.54 Å². The largest absolute Gasteiger partial charge is 0.477 e. The zero-order chi connectivity index (χ0) is 14.0. The Morgan fingerprint density at radius 3 is 2.84 bits per heavy atom. The smallest absolute Gasteiger partial charge is 0.346 e. The van der Waals surface area contributed by atoms with Crippen LogP contribution in [0.5, 0.6) is 0 Å². The highest BCUT2D eigenvalue weighted by Gasteiger charge is 2.16. The predicted molar refractivity (Wildman–Crippen MR) is 67.7 cm³/mol. The minimum absolute atomic E-state index is 0.00829. The van der Waals surface area contributed by atoms with Crippen LogP contribution in [0.15, 0.2) is 34.6 Å². The highest BCUT2D eigenvalue weighted by Crippen LogP contribution is 2.17. The van der Waals surface area contributed by atoms with Crippen molar-refractivity contribution >= 4 is 23.0 Å². The van der Waals surface area contributed by atoms with Gasteiger partial charge in [0, 0.05) is 12.3 Å². The summed E-state index contributed by atoms with van der Waals surface area (Å²) in [5.41, 5.74) is -0.843. The number of carboxylic acid groups (broad SMARTS) is 1. The van der Waals surface area contributed by atoms with Gasteiger partial charge in [0.05, 0.1) is 11.5 Å². The third-order valence-electron chi connectivity index (χ3n) is 2.48. The number of hydrogen-bond acceptors (Lipinski definition) is 5. The van der Waals surface area contributed by atoms with Crippen molar-refractivity contribution in [2.45, 2.75) is 6.54 Å². The van der Waals surface area contributed by atoms with Crippen molar-refractivity contribution in [3.05, 3.63) is 60.7 Å². The Hall–Kier alpha value is -2.48. The van der Waals surface area contributed by atoms with E-state index in [4.69, 9.17) is 5.11 Å². The maximum absolute atomic E-state index is 11.8. The Kier molecular flexibility index (Phi) is 3.43. The summed E-state index contributed by atoms with van der Waals surface area (Å²) in [5, 5.41) is 21.2. The second kappa shape index (κ2) is 5.02. The molecule has 8 heteroatoms. The van der Waals surface area contributed by atoms with Crippen LogP contribution in [-0.4, -0.2) is 20.6 Å². The average Bonchev–Trinajstić information content (AvgIpc) is 2.79. The number of pyridine rings is 1. The van der Waals surface area contributed by atoms with Gasteiger partial charge in [0.15, 0.2) is 0 Å². The Morgan fingerprint density at radius 2 is 2.21 bits per heavy atom. The first-order valence-electron chi connectivity index (χ1n) is 5.14. The molecule has 1 N–H and O–H groups in total. The van der Waals surface area contributed by atoms with Crippen LogP contribution in [0.4, 0.5) is 5.69 Å². The second-order valence-corrected chi connectivity index (χ2v) is 4.58. The fraction of sp³-hybridized carbons (Fsp3) is 0.0909. The molecule has 19 heavy (non-hydrogen) atoms. The molecule has 0 radical (unpaired) electrons. The topological polar surface area (TPSA) is 102 Å². The summed E-state index contributed by atoms with van der Waals surface area (Å²) in [5.74, 6) is -1.08. The van der Waals surface area contributed by atoms with Crippen molar-refractivity contribution in [1.29, 1.82) is 0 Å². The van der Waals surface area contributed by atoms with Gasteiger partial charge in [-0.15, -0.1) is 11.3 Å². The summed E-state index contributed by atoms with van der Waals surface area (Å²) < 4.78 is 1.12. The van der Waals surface area contributed by atoms with Gasteiger partial charge in [-0.1, -0.05) is 0 Å². The van der Waals surface area contributed by atoms with Gasteiger partial charge in [0.1, 0.15) is 4.88 Å². The molecular formula is C11H8N2O5S. The molecule has 2 aromatic rings. The predicted octanol–water partition coefficient (Wildman–Crippen LogP) is 1.56. The Bertz CT molecular complexity index is 703. The number of nitrogens with zero attached hydrogens (tertiary/aromatic N) is 2. The molecule has 2 aromatic heterocycles. The second-order valence-electron chi connectivity index (χ2n) is 3.66. The van der Waals surface area contributed by atoms with Crippen LogP contribution in [0.2, 0.25) is 0 Å². The first-order valence-corrected chi connectivity index (χ1v) is 6.02. The van der Waals surface area contributed by atoms with Gasteiger partial charge in [-0.3, -0.25) is 14.9 Å². The van der Waals surface area contributed by atoms with Gasteiger partial charge in [-0.05, 0) is 23.1 Å². The number of carboxylic acids is 1. The molecule has 0 aromatic carbocycles. The SMILES string of the molecule is O=C(O)c1sccc1Cn1cccc([N+](=O)[O-])c1=O. The number of thiophene rings is 1. The van der Waals surface area contributed by atoms with Gasteiger partial charge < -0.3 is 9.67 Å². The number of aromatic nitrogens is 1. The number of carbonyl (C=O) groups is 1. The highest BCUT2D eigenvalue weighted by molar-refractivity contribution is 7.12. The van der Waals surface area contributed by atoms with Crippen LogP contribution < -0.4 is 5.56 Å². The highest BCUT2D eigenvalue weighted by atomic mass is 32.1. The normalized spacial score (nSPS) is 10.3. The van der Waals surface area contributed by atoms with Gasteiger partial charge in [-0.2, -0.15) is 0 Å². The zero-order valence-corrected chi connectivity index (χ0v) is 10.3. The molecule has 2 rings (SSSR count). The van der Waals surface area contributed by atoms with Gasteiger partial charge in [0.25, 0.3) is 0 Å². The van der Waals surface area contributed by atoms with Gasteiger partial charge >= 0.3 is 17.2 Å². The minimum atomic E-state index is -1.08. The van der Waals surface area contributed by atoms with Crippen molar-refractivity contribution in [3.8, 4) is 0 Å². The molecule has 98 valence electrons. The number of nitro groups is 1. The van der Waals surface area contributed by atoms with Crippen molar-refractivity contribution in [1.82, 2.24) is 4.57 Å².